The zero-order valence-electron chi connectivity index (χ0n) is 23.5. The Morgan fingerprint density at radius 3 is 1.07 bits per heavy atom. The van der Waals surface area contributed by atoms with Gasteiger partial charge in [0, 0.05) is 21.9 Å². The molecule has 0 spiro atoms. The minimum Gasteiger partial charge on any atom is -0.481 e. The van der Waals surface area contributed by atoms with Crippen LogP contribution < -0.4 is 9.47 Å². The first kappa shape index (κ1) is 27.1. The van der Waals surface area contributed by atoms with E-state index in [9.17, 15) is 9.59 Å². The van der Waals surface area contributed by atoms with Crippen molar-refractivity contribution >= 4 is 55.0 Å². The fraction of sp³-hybridized carbons (Fsp3) is 0.167. The van der Waals surface area contributed by atoms with E-state index in [2.05, 4.69) is 24.3 Å². The molecule has 6 aromatic carbocycles. The first-order valence-electron chi connectivity index (χ1n) is 14.1. The van der Waals surface area contributed by atoms with E-state index in [1.54, 1.807) is 13.8 Å². The van der Waals surface area contributed by atoms with Crippen LogP contribution in [0.1, 0.15) is 13.8 Å². The van der Waals surface area contributed by atoms with E-state index in [4.69, 9.17) is 18.9 Å². The zero-order chi connectivity index (χ0) is 29.1. The Morgan fingerprint density at radius 2 is 0.738 bits per heavy atom. The van der Waals surface area contributed by atoms with Gasteiger partial charge in [0.2, 0.25) is 0 Å². The van der Waals surface area contributed by atoms with Crippen LogP contribution in [0.3, 0.4) is 0 Å². The second-order valence-corrected chi connectivity index (χ2v) is 9.78. The highest BCUT2D eigenvalue weighted by molar-refractivity contribution is 6.25. The number of hydrogen-bond donors (Lipinski definition) is 0. The Kier molecular flexibility index (Phi) is 7.60. The third-order valence-electron chi connectivity index (χ3n) is 7.30. The Morgan fingerprint density at radius 1 is 0.452 bits per heavy atom. The maximum atomic E-state index is 12.5. The zero-order valence-corrected chi connectivity index (χ0v) is 23.5. The van der Waals surface area contributed by atoms with Gasteiger partial charge in [0.25, 0.3) is 0 Å². The van der Waals surface area contributed by atoms with E-state index in [0.29, 0.717) is 11.5 Å². The van der Waals surface area contributed by atoms with Crippen molar-refractivity contribution in [3.63, 3.8) is 0 Å². The second-order valence-electron chi connectivity index (χ2n) is 9.78. The summed E-state index contributed by atoms with van der Waals surface area (Å²) in [7, 11) is 0. The molecule has 0 fully saturated rings. The Balaban J connectivity index is 1.75. The van der Waals surface area contributed by atoms with Crippen LogP contribution in [-0.4, -0.2) is 38.4 Å². The molecule has 0 aliphatic rings. The first-order valence-corrected chi connectivity index (χ1v) is 14.1. The summed E-state index contributed by atoms with van der Waals surface area (Å²) in [6.07, 6.45) is 0. The van der Waals surface area contributed by atoms with Gasteiger partial charge in [0.15, 0.2) is 13.2 Å². The SMILES string of the molecule is CCOC(=O)COc1c(-c2c(OCC(=O)OCC)c3ccccc3c3ccccc23)c2ccccc2c2ccccc12. The molecule has 0 amide bonds. The molecule has 0 aliphatic heterocycles. The van der Waals surface area contributed by atoms with Crippen LogP contribution in [0.2, 0.25) is 0 Å². The maximum Gasteiger partial charge on any atom is 0.344 e. The summed E-state index contributed by atoms with van der Waals surface area (Å²) in [6.45, 7) is 3.54. The fourth-order valence-electron chi connectivity index (χ4n) is 5.68. The van der Waals surface area contributed by atoms with Crippen LogP contribution >= 0.6 is 0 Å². The lowest BCUT2D eigenvalue weighted by atomic mass is 9.87. The molecular weight excluding hydrogens is 528 g/mol. The molecule has 0 bridgehead atoms. The minimum atomic E-state index is -0.456. The summed E-state index contributed by atoms with van der Waals surface area (Å²) < 4.78 is 23.2. The standard InChI is InChI=1S/C36H30O6/c1-3-39-31(37)21-41-35-29-19-11-7-15-25(29)23-13-5-9-17-27(23)33(35)34-28-18-10-6-14-24(28)26-16-8-12-20-30(26)36(34)42-22-32(38)40-4-2/h5-20H,3-4,21-22H2,1-2H3. The van der Waals surface area contributed by atoms with Crippen molar-refractivity contribution in [1.29, 1.82) is 0 Å². The van der Waals surface area contributed by atoms with Crippen molar-refractivity contribution in [1.82, 2.24) is 0 Å². The highest BCUT2D eigenvalue weighted by Gasteiger charge is 2.25. The Bertz CT molecular complexity index is 1820. The van der Waals surface area contributed by atoms with Crippen molar-refractivity contribution in [3.05, 3.63) is 97.1 Å². The molecule has 0 saturated heterocycles. The molecule has 210 valence electrons. The summed E-state index contributed by atoms with van der Waals surface area (Å²) in [5, 5.41) is 7.60. The predicted molar refractivity (Wildman–Crippen MR) is 166 cm³/mol. The lowest BCUT2D eigenvalue weighted by molar-refractivity contribution is -0.146. The largest absolute Gasteiger partial charge is 0.481 e. The van der Waals surface area contributed by atoms with Gasteiger partial charge in [-0.2, -0.15) is 0 Å². The number of rotatable bonds is 9. The van der Waals surface area contributed by atoms with Gasteiger partial charge in [-0.25, -0.2) is 9.59 Å². The number of fused-ring (bicyclic) bond motifs is 6. The number of ether oxygens (including phenoxy) is 4. The molecule has 42 heavy (non-hydrogen) atoms. The minimum absolute atomic E-state index is 0.256. The highest BCUT2D eigenvalue weighted by atomic mass is 16.6. The highest BCUT2D eigenvalue weighted by Crippen LogP contribution is 2.51. The molecule has 6 nitrogen and oxygen atoms in total. The van der Waals surface area contributed by atoms with Gasteiger partial charge in [-0.15, -0.1) is 0 Å². The van der Waals surface area contributed by atoms with E-state index in [0.717, 1.165) is 54.2 Å². The number of esters is 2. The predicted octanol–water partition coefficient (Wildman–Crippen LogP) is 7.85. The summed E-state index contributed by atoms with van der Waals surface area (Å²) in [5.74, 6) is 0.170. The average Bonchev–Trinajstić information content (AvgIpc) is 3.02. The van der Waals surface area contributed by atoms with E-state index >= 15 is 0 Å². The van der Waals surface area contributed by atoms with Crippen LogP contribution in [0, 0.1) is 0 Å². The van der Waals surface area contributed by atoms with Gasteiger partial charge >= 0.3 is 11.9 Å². The van der Waals surface area contributed by atoms with Gasteiger partial charge in [0.05, 0.1) is 13.2 Å². The van der Waals surface area contributed by atoms with Crippen molar-refractivity contribution in [3.8, 4) is 22.6 Å². The lowest BCUT2D eigenvalue weighted by Crippen LogP contribution is -2.16. The number of carbonyl (C=O) groups is 2. The van der Waals surface area contributed by atoms with E-state index in [-0.39, 0.29) is 26.4 Å². The lowest BCUT2D eigenvalue weighted by Gasteiger charge is -2.23. The molecular formula is C36H30O6. The van der Waals surface area contributed by atoms with E-state index < -0.39 is 11.9 Å². The first-order chi connectivity index (χ1) is 20.6. The van der Waals surface area contributed by atoms with E-state index in [1.807, 2.05) is 72.8 Å². The van der Waals surface area contributed by atoms with Crippen LogP contribution in [0.4, 0.5) is 0 Å². The van der Waals surface area contributed by atoms with Gasteiger partial charge in [0.1, 0.15) is 11.5 Å². The Hall–Kier alpha value is -5.10. The summed E-state index contributed by atoms with van der Waals surface area (Å²) in [6, 6.07) is 32.2. The topological polar surface area (TPSA) is 71.1 Å². The summed E-state index contributed by atoms with van der Waals surface area (Å²) in [4.78, 5) is 25.1. The monoisotopic (exact) mass is 558 g/mol. The smallest absolute Gasteiger partial charge is 0.344 e. The number of hydrogen-bond acceptors (Lipinski definition) is 6. The van der Waals surface area contributed by atoms with Crippen LogP contribution in [-0.2, 0) is 19.1 Å². The molecule has 0 N–H and O–H groups in total. The third-order valence-corrected chi connectivity index (χ3v) is 7.30. The molecule has 6 rings (SSSR count). The molecule has 0 unspecified atom stereocenters. The number of carbonyl (C=O) groups excluding carboxylic acids is 2. The van der Waals surface area contributed by atoms with Gasteiger partial charge in [-0.3, -0.25) is 0 Å². The Labute approximate surface area is 243 Å². The van der Waals surface area contributed by atoms with Gasteiger partial charge in [-0.1, -0.05) is 97.1 Å². The summed E-state index contributed by atoms with van der Waals surface area (Å²) >= 11 is 0. The van der Waals surface area contributed by atoms with Crippen molar-refractivity contribution < 1.29 is 28.5 Å². The van der Waals surface area contributed by atoms with Gasteiger partial charge in [-0.05, 0) is 46.2 Å². The maximum absolute atomic E-state index is 12.5. The summed E-state index contributed by atoms with van der Waals surface area (Å²) in [5.41, 5.74) is 1.55. The quantitative estimate of drug-likeness (QED) is 0.133. The van der Waals surface area contributed by atoms with Crippen molar-refractivity contribution in [2.75, 3.05) is 26.4 Å². The van der Waals surface area contributed by atoms with Crippen molar-refractivity contribution in [2.45, 2.75) is 13.8 Å². The number of benzene rings is 6. The molecule has 0 aliphatic carbocycles. The van der Waals surface area contributed by atoms with E-state index in [1.165, 1.54) is 0 Å². The van der Waals surface area contributed by atoms with Crippen LogP contribution in [0.15, 0.2) is 97.1 Å². The third kappa shape index (κ3) is 4.85. The van der Waals surface area contributed by atoms with Crippen molar-refractivity contribution in [2.24, 2.45) is 0 Å². The molecule has 0 radical (unpaired) electrons. The van der Waals surface area contributed by atoms with Crippen LogP contribution in [0.5, 0.6) is 11.5 Å². The molecule has 6 aromatic rings. The molecule has 0 saturated carbocycles. The average molecular weight is 559 g/mol. The normalized spacial score (nSPS) is 11.2. The fourth-order valence-corrected chi connectivity index (χ4v) is 5.68. The molecule has 0 aromatic heterocycles. The molecule has 0 atom stereocenters. The van der Waals surface area contributed by atoms with Crippen LogP contribution in [0.25, 0.3) is 54.2 Å². The van der Waals surface area contributed by atoms with Gasteiger partial charge < -0.3 is 18.9 Å². The molecule has 6 heteroatoms. The second kappa shape index (κ2) is 11.8. The molecule has 0 heterocycles.